The van der Waals surface area contributed by atoms with Gasteiger partial charge in [-0.3, -0.25) is 9.59 Å². The van der Waals surface area contributed by atoms with Crippen molar-refractivity contribution in [2.24, 2.45) is 0 Å². The number of aromatic amines is 1. The van der Waals surface area contributed by atoms with Crippen LogP contribution in [0.2, 0.25) is 0 Å². The maximum absolute atomic E-state index is 12.9. The number of nitrogens with one attached hydrogen (secondary N) is 1. The van der Waals surface area contributed by atoms with Crippen molar-refractivity contribution in [3.05, 3.63) is 65.9 Å². The van der Waals surface area contributed by atoms with Crippen molar-refractivity contribution in [3.8, 4) is 0 Å². The van der Waals surface area contributed by atoms with Gasteiger partial charge in [0.05, 0.1) is 6.42 Å². The SMILES string of the molecule is C[C@@H]1Cc2ccccc2N1C(=O)[C@@H](C)OC(=O)Cc1c[nH]c2ccccc12. The van der Waals surface area contributed by atoms with E-state index in [1.165, 1.54) is 0 Å². The Balaban J connectivity index is 1.45. The number of para-hydroxylation sites is 2. The van der Waals surface area contributed by atoms with Gasteiger partial charge in [0, 0.05) is 28.8 Å². The molecular formula is C22H22N2O3. The molecule has 0 aliphatic carbocycles. The number of H-pyrrole nitrogens is 1. The van der Waals surface area contributed by atoms with Crippen LogP contribution in [0.15, 0.2) is 54.7 Å². The van der Waals surface area contributed by atoms with Crippen LogP contribution in [0.5, 0.6) is 0 Å². The molecule has 5 nitrogen and oxygen atoms in total. The van der Waals surface area contributed by atoms with Crippen LogP contribution >= 0.6 is 0 Å². The Morgan fingerprint density at radius 3 is 2.78 bits per heavy atom. The van der Waals surface area contributed by atoms with Gasteiger partial charge in [0.2, 0.25) is 0 Å². The number of nitrogens with zero attached hydrogens (tertiary/aromatic N) is 1. The topological polar surface area (TPSA) is 62.4 Å². The summed E-state index contributed by atoms with van der Waals surface area (Å²) < 4.78 is 5.47. The summed E-state index contributed by atoms with van der Waals surface area (Å²) in [6.07, 6.45) is 1.94. The van der Waals surface area contributed by atoms with Gasteiger partial charge in [-0.2, -0.15) is 0 Å². The molecule has 27 heavy (non-hydrogen) atoms. The molecule has 0 unspecified atom stereocenters. The number of hydrogen-bond donors (Lipinski definition) is 1. The lowest BCUT2D eigenvalue weighted by Crippen LogP contribution is -2.43. The summed E-state index contributed by atoms with van der Waals surface area (Å²) >= 11 is 0. The average Bonchev–Trinajstić information content (AvgIpc) is 3.21. The number of ether oxygens (including phenoxy) is 1. The van der Waals surface area contributed by atoms with Crippen molar-refractivity contribution >= 4 is 28.5 Å². The highest BCUT2D eigenvalue weighted by atomic mass is 16.5. The van der Waals surface area contributed by atoms with E-state index in [1.54, 1.807) is 11.8 Å². The normalized spacial score (nSPS) is 17.0. The van der Waals surface area contributed by atoms with E-state index in [-0.39, 0.29) is 18.4 Å². The van der Waals surface area contributed by atoms with E-state index in [0.29, 0.717) is 0 Å². The van der Waals surface area contributed by atoms with Crippen LogP contribution in [-0.4, -0.2) is 29.0 Å². The number of carbonyl (C=O) groups is 2. The molecule has 0 saturated heterocycles. The van der Waals surface area contributed by atoms with Gasteiger partial charge in [0.1, 0.15) is 0 Å². The lowest BCUT2D eigenvalue weighted by molar-refractivity contribution is -0.153. The average molecular weight is 362 g/mol. The minimum Gasteiger partial charge on any atom is -0.452 e. The molecule has 1 N–H and O–H groups in total. The third kappa shape index (κ3) is 3.21. The number of esters is 1. The Morgan fingerprint density at radius 2 is 1.93 bits per heavy atom. The van der Waals surface area contributed by atoms with Crippen LogP contribution in [0.4, 0.5) is 5.69 Å². The number of anilines is 1. The number of amides is 1. The van der Waals surface area contributed by atoms with Crippen LogP contribution in [0.3, 0.4) is 0 Å². The van der Waals surface area contributed by atoms with Crippen molar-refractivity contribution in [2.75, 3.05) is 4.90 Å². The first-order valence-electron chi connectivity index (χ1n) is 9.20. The van der Waals surface area contributed by atoms with E-state index in [2.05, 4.69) is 4.98 Å². The summed E-state index contributed by atoms with van der Waals surface area (Å²) in [5.74, 6) is -0.583. The number of hydrogen-bond acceptors (Lipinski definition) is 3. The van der Waals surface area contributed by atoms with Crippen LogP contribution in [0.25, 0.3) is 10.9 Å². The molecule has 2 heterocycles. The largest absolute Gasteiger partial charge is 0.452 e. The number of aromatic nitrogens is 1. The standard InChI is InChI=1S/C22H22N2O3/c1-14-11-16-7-3-6-10-20(16)24(14)22(26)15(2)27-21(25)12-17-13-23-19-9-5-4-8-18(17)19/h3-10,13-15,23H,11-12H2,1-2H3/t14-,15-/m1/s1. The van der Waals surface area contributed by atoms with E-state index in [4.69, 9.17) is 4.74 Å². The molecule has 0 saturated carbocycles. The molecule has 1 amide bonds. The lowest BCUT2D eigenvalue weighted by Gasteiger charge is -2.25. The third-order valence-corrected chi connectivity index (χ3v) is 5.11. The molecule has 0 bridgehead atoms. The van der Waals surface area contributed by atoms with Gasteiger partial charge in [-0.1, -0.05) is 36.4 Å². The van der Waals surface area contributed by atoms with Crippen LogP contribution in [-0.2, 0) is 27.2 Å². The summed E-state index contributed by atoms with van der Waals surface area (Å²) in [5, 5.41) is 0.996. The highest BCUT2D eigenvalue weighted by Crippen LogP contribution is 2.32. The molecule has 138 valence electrons. The monoisotopic (exact) mass is 362 g/mol. The molecule has 4 rings (SSSR count). The zero-order chi connectivity index (χ0) is 19.0. The summed E-state index contributed by atoms with van der Waals surface area (Å²) in [5.41, 5.74) is 3.91. The van der Waals surface area contributed by atoms with Gasteiger partial charge < -0.3 is 14.6 Å². The molecule has 1 aliphatic heterocycles. The van der Waals surface area contributed by atoms with Gasteiger partial charge in [-0.05, 0) is 43.5 Å². The number of fused-ring (bicyclic) bond motifs is 2. The maximum atomic E-state index is 12.9. The van der Waals surface area contributed by atoms with E-state index in [9.17, 15) is 9.59 Å². The second-order valence-electron chi connectivity index (χ2n) is 7.06. The van der Waals surface area contributed by atoms with Crippen LogP contribution in [0, 0.1) is 0 Å². The molecule has 0 fully saturated rings. The maximum Gasteiger partial charge on any atom is 0.311 e. The van der Waals surface area contributed by atoms with Crippen molar-refractivity contribution in [1.29, 1.82) is 0 Å². The zero-order valence-corrected chi connectivity index (χ0v) is 15.4. The van der Waals surface area contributed by atoms with Crippen LogP contribution in [0.1, 0.15) is 25.0 Å². The Bertz CT molecular complexity index is 1010. The molecule has 1 aromatic heterocycles. The molecule has 1 aliphatic rings. The first kappa shape index (κ1) is 17.3. The van der Waals surface area contributed by atoms with Gasteiger partial charge in [0.15, 0.2) is 6.10 Å². The fourth-order valence-corrected chi connectivity index (χ4v) is 3.82. The Morgan fingerprint density at radius 1 is 1.19 bits per heavy atom. The fourth-order valence-electron chi connectivity index (χ4n) is 3.82. The summed E-state index contributed by atoms with van der Waals surface area (Å²) in [7, 11) is 0. The Labute approximate surface area is 157 Å². The lowest BCUT2D eigenvalue weighted by atomic mass is 10.1. The van der Waals surface area contributed by atoms with Gasteiger partial charge in [-0.25, -0.2) is 0 Å². The number of carbonyl (C=O) groups excluding carboxylic acids is 2. The van der Waals surface area contributed by atoms with Gasteiger partial charge in [0.25, 0.3) is 5.91 Å². The van der Waals surface area contributed by atoms with Gasteiger partial charge >= 0.3 is 5.97 Å². The predicted molar refractivity (Wildman–Crippen MR) is 105 cm³/mol. The van der Waals surface area contributed by atoms with E-state index in [0.717, 1.165) is 34.1 Å². The molecule has 3 aromatic rings. The Hall–Kier alpha value is -3.08. The molecule has 0 spiro atoms. The van der Waals surface area contributed by atoms with E-state index in [1.807, 2.05) is 61.7 Å². The van der Waals surface area contributed by atoms with E-state index >= 15 is 0 Å². The smallest absolute Gasteiger partial charge is 0.311 e. The summed E-state index contributed by atoms with van der Waals surface area (Å²) in [6, 6.07) is 15.7. The summed E-state index contributed by atoms with van der Waals surface area (Å²) in [4.78, 5) is 30.2. The fraction of sp³-hybridized carbons (Fsp3) is 0.273. The van der Waals surface area contributed by atoms with E-state index < -0.39 is 12.1 Å². The second kappa shape index (κ2) is 6.91. The third-order valence-electron chi connectivity index (χ3n) is 5.11. The minimum absolute atomic E-state index is 0.0599. The summed E-state index contributed by atoms with van der Waals surface area (Å²) in [6.45, 7) is 3.65. The first-order valence-corrected chi connectivity index (χ1v) is 9.20. The minimum atomic E-state index is -0.823. The molecular weight excluding hydrogens is 340 g/mol. The number of rotatable bonds is 4. The molecule has 0 radical (unpaired) electrons. The Kier molecular flexibility index (Phi) is 4.44. The number of benzene rings is 2. The van der Waals surface area contributed by atoms with Crippen molar-refractivity contribution in [2.45, 2.75) is 38.8 Å². The highest BCUT2D eigenvalue weighted by Gasteiger charge is 2.34. The molecule has 2 atom stereocenters. The van der Waals surface area contributed by atoms with Crippen molar-refractivity contribution in [3.63, 3.8) is 0 Å². The van der Waals surface area contributed by atoms with Gasteiger partial charge in [-0.15, -0.1) is 0 Å². The predicted octanol–water partition coefficient (Wildman–Crippen LogP) is 3.62. The highest BCUT2D eigenvalue weighted by molar-refractivity contribution is 6.00. The zero-order valence-electron chi connectivity index (χ0n) is 15.4. The first-order chi connectivity index (χ1) is 13.0. The second-order valence-corrected chi connectivity index (χ2v) is 7.06. The van der Waals surface area contributed by atoms with Crippen molar-refractivity contribution in [1.82, 2.24) is 4.98 Å². The molecule has 5 heteroatoms. The van der Waals surface area contributed by atoms with Crippen LogP contribution < -0.4 is 4.90 Å². The van der Waals surface area contributed by atoms with Crippen molar-refractivity contribution < 1.29 is 14.3 Å². The molecule has 2 aromatic carbocycles. The quantitative estimate of drug-likeness (QED) is 0.721.